The first-order valence-corrected chi connectivity index (χ1v) is 14.1. The predicted octanol–water partition coefficient (Wildman–Crippen LogP) is 4.98. The molecule has 10 heteroatoms. The summed E-state index contributed by atoms with van der Waals surface area (Å²) in [7, 11) is 1.57. The number of aryl methyl sites for hydroxylation is 1. The fraction of sp³-hybridized carbons (Fsp3) is 0.250. The summed E-state index contributed by atoms with van der Waals surface area (Å²) in [5, 5.41) is 9.53. The number of thioether (sulfide) groups is 1. The second-order valence-corrected chi connectivity index (χ2v) is 10.9. The molecule has 0 saturated heterocycles. The fourth-order valence-electron chi connectivity index (χ4n) is 4.37. The number of methoxy groups -OCH3 is 1. The number of nitrogens with zero attached hydrogens (tertiary/aromatic N) is 3. The lowest BCUT2D eigenvalue weighted by atomic mass is 10.0. The second-order valence-electron chi connectivity index (χ2n) is 8.88. The Hall–Kier alpha value is -3.47. The molecule has 0 bridgehead atoms. The highest BCUT2D eigenvalue weighted by atomic mass is 32.2. The molecule has 0 aliphatic carbocycles. The van der Waals surface area contributed by atoms with Gasteiger partial charge in [0.15, 0.2) is 0 Å². The van der Waals surface area contributed by atoms with E-state index in [1.165, 1.54) is 28.8 Å². The Morgan fingerprint density at radius 3 is 2.61 bits per heavy atom. The molecule has 1 unspecified atom stereocenters. The topological polar surface area (TPSA) is 76.5 Å². The van der Waals surface area contributed by atoms with Crippen molar-refractivity contribution in [2.75, 3.05) is 37.5 Å². The molecule has 0 saturated carbocycles. The minimum atomic E-state index is -0.327. The summed E-state index contributed by atoms with van der Waals surface area (Å²) < 4.78 is 20.6. The third-order valence-electron chi connectivity index (χ3n) is 6.22. The summed E-state index contributed by atoms with van der Waals surface area (Å²) in [5.41, 5.74) is 4.28. The number of hydrogen-bond donors (Lipinski definition) is 1. The molecule has 5 rings (SSSR count). The Balaban J connectivity index is 1.72. The van der Waals surface area contributed by atoms with E-state index < -0.39 is 0 Å². The highest BCUT2D eigenvalue weighted by Gasteiger charge is 2.37. The molecule has 0 spiro atoms. The Bertz CT molecular complexity index is 1420. The van der Waals surface area contributed by atoms with Gasteiger partial charge in [-0.2, -0.15) is 5.10 Å². The second kappa shape index (κ2) is 11.5. The Kier molecular flexibility index (Phi) is 7.92. The van der Waals surface area contributed by atoms with Crippen molar-refractivity contribution in [1.82, 2.24) is 15.1 Å². The van der Waals surface area contributed by atoms with E-state index in [2.05, 4.69) is 5.32 Å². The number of nitrogens with one attached hydrogen (secondary N) is 1. The number of hydrogen-bond acceptors (Lipinski definition) is 6. The number of ether oxygens (including phenoxy) is 1. The zero-order valence-corrected chi connectivity index (χ0v) is 22.7. The summed E-state index contributed by atoms with van der Waals surface area (Å²) in [4.78, 5) is 29.0. The number of benzene rings is 2. The van der Waals surface area contributed by atoms with E-state index >= 15 is 0 Å². The SMILES string of the molecule is COCCNC(=O)CN1C(=O)CSC(c2ccc(F)cc2)c2c(-c3cccs3)nn(-c3ccc(C)cc3)c21. The van der Waals surface area contributed by atoms with Gasteiger partial charge in [0, 0.05) is 19.2 Å². The van der Waals surface area contributed by atoms with Crippen molar-refractivity contribution in [2.24, 2.45) is 0 Å². The van der Waals surface area contributed by atoms with E-state index in [9.17, 15) is 14.0 Å². The molecular weight excluding hydrogens is 523 g/mol. The zero-order chi connectivity index (χ0) is 26.6. The van der Waals surface area contributed by atoms with Crippen LogP contribution in [0, 0.1) is 12.7 Å². The number of thiophene rings is 1. The van der Waals surface area contributed by atoms with Crippen LogP contribution >= 0.6 is 23.1 Å². The minimum Gasteiger partial charge on any atom is -0.383 e. The van der Waals surface area contributed by atoms with Gasteiger partial charge < -0.3 is 10.1 Å². The van der Waals surface area contributed by atoms with Crippen LogP contribution in [0.1, 0.15) is 21.9 Å². The van der Waals surface area contributed by atoms with Crippen LogP contribution in [0.4, 0.5) is 10.2 Å². The molecule has 1 aliphatic heterocycles. The zero-order valence-electron chi connectivity index (χ0n) is 21.0. The van der Waals surface area contributed by atoms with E-state index in [1.54, 1.807) is 35.3 Å². The van der Waals surface area contributed by atoms with Gasteiger partial charge in [0.05, 0.1) is 28.2 Å². The third-order valence-corrected chi connectivity index (χ3v) is 8.36. The summed E-state index contributed by atoms with van der Waals surface area (Å²) in [6.07, 6.45) is 0. The number of rotatable bonds is 8. The highest BCUT2D eigenvalue weighted by molar-refractivity contribution is 8.00. The van der Waals surface area contributed by atoms with Crippen molar-refractivity contribution in [3.63, 3.8) is 0 Å². The standard InChI is InChI=1S/C28H27FN4O3S2/c1-18-5-11-21(12-6-18)33-28-25(26(31-33)22-4-3-15-37-22)27(19-7-9-20(29)10-8-19)38-17-24(35)32(28)16-23(34)30-13-14-36-2/h3-12,15,27H,13-14,16-17H2,1-2H3,(H,30,34). The smallest absolute Gasteiger partial charge is 0.240 e. The van der Waals surface area contributed by atoms with E-state index in [-0.39, 0.29) is 35.2 Å². The lowest BCUT2D eigenvalue weighted by Gasteiger charge is -2.23. The van der Waals surface area contributed by atoms with Crippen molar-refractivity contribution in [1.29, 1.82) is 0 Å². The molecule has 38 heavy (non-hydrogen) atoms. The Labute approximate surface area is 228 Å². The highest BCUT2D eigenvalue weighted by Crippen LogP contribution is 2.49. The molecule has 4 aromatic rings. The summed E-state index contributed by atoms with van der Waals surface area (Å²) in [6, 6.07) is 18.2. The first-order chi connectivity index (χ1) is 18.5. The Morgan fingerprint density at radius 2 is 1.92 bits per heavy atom. The first-order valence-electron chi connectivity index (χ1n) is 12.1. The normalized spacial score (nSPS) is 15.3. The third kappa shape index (κ3) is 5.38. The molecule has 1 aliphatic rings. The molecule has 2 amide bonds. The molecule has 0 fully saturated rings. The van der Waals surface area contributed by atoms with Crippen molar-refractivity contribution in [3.05, 3.63) is 88.6 Å². The lowest BCUT2D eigenvalue weighted by molar-refractivity contribution is -0.123. The average molecular weight is 551 g/mol. The summed E-state index contributed by atoms with van der Waals surface area (Å²) in [5.74, 6) is -0.121. The number of amides is 2. The largest absolute Gasteiger partial charge is 0.383 e. The quantitative estimate of drug-likeness (QED) is 0.313. The van der Waals surface area contributed by atoms with Crippen LogP contribution in [0.5, 0.6) is 0 Å². The van der Waals surface area contributed by atoms with E-state index in [0.29, 0.717) is 19.0 Å². The fourth-order valence-corrected chi connectivity index (χ4v) is 6.29. The maximum atomic E-state index is 13.8. The van der Waals surface area contributed by atoms with E-state index in [4.69, 9.17) is 9.84 Å². The molecular formula is C28H27FN4O3S2. The van der Waals surface area contributed by atoms with Gasteiger partial charge in [-0.3, -0.25) is 14.5 Å². The number of carbonyl (C=O) groups excluding carboxylic acids is 2. The van der Waals surface area contributed by atoms with Gasteiger partial charge in [0.25, 0.3) is 0 Å². The van der Waals surface area contributed by atoms with Crippen LogP contribution < -0.4 is 10.2 Å². The Morgan fingerprint density at radius 1 is 1.16 bits per heavy atom. The molecule has 7 nitrogen and oxygen atoms in total. The lowest BCUT2D eigenvalue weighted by Crippen LogP contribution is -2.43. The number of carbonyl (C=O) groups is 2. The molecule has 0 radical (unpaired) electrons. The van der Waals surface area contributed by atoms with Crippen molar-refractivity contribution in [2.45, 2.75) is 12.2 Å². The monoisotopic (exact) mass is 550 g/mol. The van der Waals surface area contributed by atoms with Crippen LogP contribution in [-0.2, 0) is 14.3 Å². The van der Waals surface area contributed by atoms with Gasteiger partial charge in [0.1, 0.15) is 23.9 Å². The minimum absolute atomic E-state index is 0.153. The summed E-state index contributed by atoms with van der Waals surface area (Å²) in [6.45, 7) is 2.56. The van der Waals surface area contributed by atoms with Gasteiger partial charge in [-0.15, -0.1) is 23.1 Å². The van der Waals surface area contributed by atoms with Crippen molar-refractivity contribution in [3.8, 4) is 16.3 Å². The maximum Gasteiger partial charge on any atom is 0.240 e. The van der Waals surface area contributed by atoms with Gasteiger partial charge in [0.2, 0.25) is 11.8 Å². The average Bonchev–Trinajstić information content (AvgIpc) is 3.55. The molecule has 196 valence electrons. The van der Waals surface area contributed by atoms with Crippen molar-refractivity contribution >= 4 is 40.7 Å². The summed E-state index contributed by atoms with van der Waals surface area (Å²) >= 11 is 3.01. The van der Waals surface area contributed by atoms with E-state index in [0.717, 1.165) is 32.9 Å². The molecule has 1 N–H and O–H groups in total. The van der Waals surface area contributed by atoms with Crippen LogP contribution in [0.25, 0.3) is 16.3 Å². The van der Waals surface area contributed by atoms with Gasteiger partial charge in [-0.1, -0.05) is 35.9 Å². The van der Waals surface area contributed by atoms with Gasteiger partial charge in [-0.25, -0.2) is 9.07 Å². The van der Waals surface area contributed by atoms with Gasteiger partial charge >= 0.3 is 0 Å². The maximum absolute atomic E-state index is 13.8. The van der Waals surface area contributed by atoms with Crippen LogP contribution in [0.15, 0.2) is 66.0 Å². The molecule has 1 atom stereocenters. The van der Waals surface area contributed by atoms with Crippen molar-refractivity contribution < 1.29 is 18.7 Å². The number of fused-ring (bicyclic) bond motifs is 1. The van der Waals surface area contributed by atoms with Gasteiger partial charge in [-0.05, 0) is 48.2 Å². The molecule has 2 aromatic carbocycles. The number of anilines is 1. The molecule has 3 heterocycles. The van der Waals surface area contributed by atoms with Crippen LogP contribution in [0.3, 0.4) is 0 Å². The van der Waals surface area contributed by atoms with Crippen LogP contribution in [0.2, 0.25) is 0 Å². The number of halogens is 1. The molecule has 2 aromatic heterocycles. The first kappa shape index (κ1) is 26.1. The van der Waals surface area contributed by atoms with Crippen LogP contribution in [-0.4, -0.2) is 54.2 Å². The van der Waals surface area contributed by atoms with E-state index in [1.807, 2.05) is 48.7 Å². The predicted molar refractivity (Wildman–Crippen MR) is 150 cm³/mol. The number of aromatic nitrogens is 2.